The van der Waals surface area contributed by atoms with Crippen molar-refractivity contribution in [3.63, 3.8) is 0 Å². The van der Waals surface area contributed by atoms with Crippen LogP contribution in [0.5, 0.6) is 0 Å². The highest BCUT2D eigenvalue weighted by Gasteiger charge is 2.22. The van der Waals surface area contributed by atoms with E-state index in [1.807, 2.05) is 0 Å². The monoisotopic (exact) mass is 372 g/mol. The topological polar surface area (TPSA) is 90.0 Å². The number of carbonyl (C=O) groups excluding carboxylic acids is 2. The Hall–Kier alpha value is -3.19. The number of nitrogens with one attached hydrogen (secondary N) is 1. The molecular weight excluding hydrogens is 359 g/mol. The van der Waals surface area contributed by atoms with Gasteiger partial charge in [0, 0.05) is 11.2 Å². The van der Waals surface area contributed by atoms with Crippen LogP contribution in [-0.4, -0.2) is 21.6 Å². The van der Waals surface area contributed by atoms with Crippen molar-refractivity contribution in [2.24, 2.45) is 5.73 Å². The van der Waals surface area contributed by atoms with Crippen molar-refractivity contribution in [1.29, 1.82) is 0 Å². The molecule has 2 amide bonds. The maximum Gasteiger partial charge on any atom is 0.255 e. The number of nitrogens with two attached hydrogens (primary N) is 1. The highest BCUT2D eigenvalue weighted by atomic mass is 35.5. The number of aromatic nitrogens is 2. The predicted molar refractivity (Wildman–Crippen MR) is 94.4 cm³/mol. The minimum atomic E-state index is -1.03. The summed E-state index contributed by atoms with van der Waals surface area (Å²) in [5, 5.41) is 7.03. The molecule has 2 aromatic carbocycles. The maximum absolute atomic E-state index is 13.8. The minimum Gasteiger partial charge on any atom is -0.368 e. The SMILES string of the molecule is NC(=O)C(NC(=O)c1cnn(-c2ccccc2F)c1)c1ccc(Cl)cc1. The van der Waals surface area contributed by atoms with Crippen LogP contribution in [0.1, 0.15) is 22.0 Å². The van der Waals surface area contributed by atoms with Gasteiger partial charge in [0.1, 0.15) is 17.5 Å². The third-order valence-electron chi connectivity index (χ3n) is 3.71. The second-order valence-electron chi connectivity index (χ2n) is 5.49. The Morgan fingerprint density at radius 2 is 1.85 bits per heavy atom. The van der Waals surface area contributed by atoms with E-state index in [-0.39, 0.29) is 11.3 Å². The van der Waals surface area contributed by atoms with E-state index < -0.39 is 23.7 Å². The summed E-state index contributed by atoms with van der Waals surface area (Å²) in [6.07, 6.45) is 2.65. The molecule has 6 nitrogen and oxygen atoms in total. The highest BCUT2D eigenvalue weighted by molar-refractivity contribution is 6.30. The van der Waals surface area contributed by atoms with Gasteiger partial charge >= 0.3 is 0 Å². The smallest absolute Gasteiger partial charge is 0.255 e. The molecule has 0 radical (unpaired) electrons. The summed E-state index contributed by atoms with van der Waals surface area (Å²) in [5.74, 6) is -1.76. The van der Waals surface area contributed by atoms with Crippen molar-refractivity contribution in [2.45, 2.75) is 6.04 Å². The minimum absolute atomic E-state index is 0.161. The summed E-state index contributed by atoms with van der Waals surface area (Å²) in [4.78, 5) is 24.2. The molecule has 8 heteroatoms. The summed E-state index contributed by atoms with van der Waals surface area (Å²) < 4.78 is 15.1. The van der Waals surface area contributed by atoms with Gasteiger partial charge in [0.2, 0.25) is 5.91 Å². The molecule has 1 heterocycles. The van der Waals surface area contributed by atoms with Crippen molar-refractivity contribution in [3.05, 3.63) is 82.9 Å². The van der Waals surface area contributed by atoms with Crippen LogP contribution in [0.15, 0.2) is 60.9 Å². The molecule has 132 valence electrons. The van der Waals surface area contributed by atoms with Crippen molar-refractivity contribution in [3.8, 4) is 5.69 Å². The average molecular weight is 373 g/mol. The van der Waals surface area contributed by atoms with E-state index in [0.717, 1.165) is 0 Å². The van der Waals surface area contributed by atoms with Crippen LogP contribution < -0.4 is 11.1 Å². The normalized spacial score (nSPS) is 11.8. The number of benzene rings is 2. The number of carbonyl (C=O) groups is 2. The van der Waals surface area contributed by atoms with Gasteiger partial charge in [-0.2, -0.15) is 5.10 Å². The molecular formula is C18H14ClFN4O2. The number of hydrogen-bond donors (Lipinski definition) is 2. The highest BCUT2D eigenvalue weighted by Crippen LogP contribution is 2.18. The quantitative estimate of drug-likeness (QED) is 0.721. The number of primary amides is 1. The number of amides is 2. The van der Waals surface area contributed by atoms with Crippen LogP contribution in [0, 0.1) is 5.82 Å². The molecule has 1 atom stereocenters. The standard InChI is InChI=1S/C18H14ClFN4O2/c19-13-7-5-11(6-8-13)16(17(21)25)23-18(26)12-9-22-24(10-12)15-4-2-1-3-14(15)20/h1-10,16H,(H2,21,25)(H,23,26). The van der Waals surface area contributed by atoms with E-state index in [0.29, 0.717) is 10.6 Å². The fourth-order valence-electron chi connectivity index (χ4n) is 2.40. The first-order chi connectivity index (χ1) is 12.5. The largest absolute Gasteiger partial charge is 0.368 e. The number of para-hydroxylation sites is 1. The zero-order valence-electron chi connectivity index (χ0n) is 13.4. The number of rotatable bonds is 5. The van der Waals surface area contributed by atoms with E-state index in [1.54, 1.807) is 36.4 Å². The first kappa shape index (κ1) is 17.6. The summed E-state index contributed by atoms with van der Waals surface area (Å²) in [6.45, 7) is 0. The van der Waals surface area contributed by atoms with Gasteiger partial charge in [-0.05, 0) is 29.8 Å². The van der Waals surface area contributed by atoms with Gasteiger partial charge in [0.15, 0.2) is 0 Å². The Morgan fingerprint density at radius 1 is 1.15 bits per heavy atom. The summed E-state index contributed by atoms with van der Waals surface area (Å²) in [5.41, 5.74) is 6.25. The van der Waals surface area contributed by atoms with Crippen LogP contribution in [0.2, 0.25) is 5.02 Å². The van der Waals surface area contributed by atoms with Crippen LogP contribution in [-0.2, 0) is 4.79 Å². The predicted octanol–water partition coefficient (Wildman–Crippen LogP) is 2.62. The van der Waals surface area contributed by atoms with Crippen LogP contribution in [0.25, 0.3) is 5.69 Å². The van der Waals surface area contributed by atoms with E-state index in [2.05, 4.69) is 10.4 Å². The Morgan fingerprint density at radius 3 is 2.50 bits per heavy atom. The van der Waals surface area contributed by atoms with Gasteiger partial charge in [0.05, 0.1) is 11.8 Å². The fourth-order valence-corrected chi connectivity index (χ4v) is 2.52. The Balaban J connectivity index is 1.82. The van der Waals surface area contributed by atoms with Gasteiger partial charge < -0.3 is 11.1 Å². The lowest BCUT2D eigenvalue weighted by molar-refractivity contribution is -0.120. The van der Waals surface area contributed by atoms with E-state index in [1.165, 1.54) is 29.2 Å². The van der Waals surface area contributed by atoms with Crippen molar-refractivity contribution in [2.75, 3.05) is 0 Å². The molecule has 0 spiro atoms. The Labute approximate surface area is 153 Å². The lowest BCUT2D eigenvalue weighted by Crippen LogP contribution is -2.37. The third kappa shape index (κ3) is 3.73. The van der Waals surface area contributed by atoms with Crippen LogP contribution in [0.4, 0.5) is 4.39 Å². The molecule has 1 aromatic heterocycles. The van der Waals surface area contributed by atoms with Gasteiger partial charge in [-0.15, -0.1) is 0 Å². The lowest BCUT2D eigenvalue weighted by Gasteiger charge is -2.15. The van der Waals surface area contributed by atoms with Crippen molar-refractivity contribution >= 4 is 23.4 Å². The molecule has 3 aromatic rings. The van der Waals surface area contributed by atoms with E-state index in [9.17, 15) is 14.0 Å². The second kappa shape index (κ2) is 7.37. The Bertz CT molecular complexity index is 956. The number of hydrogen-bond acceptors (Lipinski definition) is 3. The zero-order valence-corrected chi connectivity index (χ0v) is 14.2. The van der Waals surface area contributed by atoms with Crippen molar-refractivity contribution < 1.29 is 14.0 Å². The average Bonchev–Trinajstić information content (AvgIpc) is 3.10. The van der Waals surface area contributed by atoms with E-state index >= 15 is 0 Å². The lowest BCUT2D eigenvalue weighted by atomic mass is 10.1. The maximum atomic E-state index is 13.8. The van der Waals surface area contributed by atoms with E-state index in [4.69, 9.17) is 17.3 Å². The fraction of sp³-hybridized carbons (Fsp3) is 0.0556. The molecule has 0 aliphatic rings. The van der Waals surface area contributed by atoms with Gasteiger partial charge in [-0.3, -0.25) is 9.59 Å². The van der Waals surface area contributed by atoms with Crippen LogP contribution >= 0.6 is 11.6 Å². The molecule has 3 N–H and O–H groups in total. The molecule has 1 unspecified atom stereocenters. The number of halogens is 2. The molecule has 0 bridgehead atoms. The molecule has 0 aliphatic carbocycles. The van der Waals surface area contributed by atoms with Gasteiger partial charge in [-0.1, -0.05) is 35.9 Å². The summed E-state index contributed by atoms with van der Waals surface area (Å²) in [6, 6.07) is 11.4. The zero-order chi connectivity index (χ0) is 18.7. The Kier molecular flexibility index (Phi) is 4.99. The molecule has 3 rings (SSSR count). The molecule has 0 fully saturated rings. The number of nitrogens with zero attached hydrogens (tertiary/aromatic N) is 2. The van der Waals surface area contributed by atoms with Crippen LogP contribution in [0.3, 0.4) is 0 Å². The molecule has 0 saturated carbocycles. The molecule has 26 heavy (non-hydrogen) atoms. The first-order valence-corrected chi connectivity index (χ1v) is 7.98. The first-order valence-electron chi connectivity index (χ1n) is 7.61. The summed E-state index contributed by atoms with van der Waals surface area (Å²) >= 11 is 5.83. The second-order valence-corrected chi connectivity index (χ2v) is 5.92. The third-order valence-corrected chi connectivity index (χ3v) is 3.96. The summed E-state index contributed by atoms with van der Waals surface area (Å²) in [7, 11) is 0. The van der Waals surface area contributed by atoms with Gasteiger partial charge in [-0.25, -0.2) is 9.07 Å². The molecule has 0 aliphatic heterocycles. The molecule has 0 saturated heterocycles. The van der Waals surface area contributed by atoms with Crippen molar-refractivity contribution in [1.82, 2.24) is 15.1 Å². The van der Waals surface area contributed by atoms with Gasteiger partial charge in [0.25, 0.3) is 5.91 Å².